The van der Waals surface area contributed by atoms with Crippen molar-refractivity contribution in [1.29, 1.82) is 0 Å². The summed E-state index contributed by atoms with van der Waals surface area (Å²) in [6.07, 6.45) is 3.62. The van der Waals surface area contributed by atoms with Crippen LogP contribution in [0.5, 0.6) is 0 Å². The summed E-state index contributed by atoms with van der Waals surface area (Å²) >= 11 is 0. The van der Waals surface area contributed by atoms with Gasteiger partial charge in [0.2, 0.25) is 65.0 Å². The van der Waals surface area contributed by atoms with Crippen LogP contribution in [0.3, 0.4) is 0 Å². The van der Waals surface area contributed by atoms with E-state index in [0.29, 0.717) is 19.4 Å². The minimum Gasteiger partial charge on any atom is -0.390 e. The molecule has 3 rings (SSSR count). The highest BCUT2D eigenvalue weighted by molar-refractivity contribution is 6.00. The van der Waals surface area contributed by atoms with Gasteiger partial charge in [-0.05, 0) is 114 Å². The van der Waals surface area contributed by atoms with Gasteiger partial charge in [-0.3, -0.25) is 52.7 Å². The molecule has 0 radical (unpaired) electrons. The minimum absolute atomic E-state index is 0.0181. The van der Waals surface area contributed by atoms with E-state index in [-0.39, 0.29) is 50.5 Å². The Bertz CT molecular complexity index is 2710. The summed E-state index contributed by atoms with van der Waals surface area (Å²) in [4.78, 5) is 176. The third-order valence-corrected chi connectivity index (χ3v) is 17.9. The standard InChI is InChI=1S/C64H111N15O13/c1-23-25-28-40(11)54(81)53-57(84)68-45(24-2)60(87)71(16)34-49(80)75(20)52(44(15)92-30-27-26-29-78-66-35-65-70-78)56(83)69-50(38(7)8)63(90)72(17)46(31-36(3)4)55(82)67-42(13)58(85)79-41(12)33-48(62(89)76(21)51(39(9)10)64(91)77(53)22)74(19)61(88)47(32-37(5)6)73(18)59(86)43(79)14/h23,25,35-48,50-54,81H,24,26-34H2,1-22H3,(H,67,82)(H,68,84)(H,69,83)/b25-23+/t40-,41?,42+,43-,44-,45+,46+,47+,48+,50+,51+,52+,53-,54-/m1/s1. The monoisotopic (exact) mass is 1300 g/mol. The molecular weight excluding hydrogens is 1190 g/mol. The highest BCUT2D eigenvalue weighted by Gasteiger charge is 2.48. The molecule has 28 heteroatoms. The van der Waals surface area contributed by atoms with Crippen molar-refractivity contribution in [2.75, 3.05) is 62.5 Å². The van der Waals surface area contributed by atoms with Gasteiger partial charge in [0.15, 0.2) is 6.33 Å². The molecule has 2 aliphatic rings. The van der Waals surface area contributed by atoms with E-state index in [1.54, 1.807) is 74.5 Å². The Morgan fingerprint density at radius 3 is 1.74 bits per heavy atom. The van der Waals surface area contributed by atoms with Crippen molar-refractivity contribution in [3.05, 3.63) is 18.5 Å². The fourth-order valence-corrected chi connectivity index (χ4v) is 12.2. The first-order chi connectivity index (χ1) is 42.9. The molecule has 1 unspecified atom stereocenters. The molecule has 92 heavy (non-hydrogen) atoms. The topological polar surface area (TPSA) is 323 Å². The number of carbonyl (C=O) groups is 11. The lowest BCUT2D eigenvalue weighted by atomic mass is 9.91. The zero-order valence-electron chi connectivity index (χ0n) is 58.9. The average Bonchev–Trinajstić information content (AvgIpc) is 0.827. The number of rotatable bonds is 18. The number of hydrogen-bond acceptors (Lipinski definition) is 16. The molecular formula is C64H111N15O13. The minimum atomic E-state index is -1.67. The van der Waals surface area contributed by atoms with Crippen LogP contribution in [0.1, 0.15) is 149 Å². The number of likely N-dealkylation sites (N-methyl/N-ethyl adjacent to an activating group) is 7. The Labute approximate surface area is 545 Å². The Balaban J connectivity index is 2.40. The Morgan fingerprint density at radius 2 is 1.20 bits per heavy atom. The number of aliphatic hydroxyl groups is 1. The number of carbonyl (C=O) groups excluding carboxylic acids is 11. The van der Waals surface area contributed by atoms with Gasteiger partial charge < -0.3 is 65.0 Å². The summed E-state index contributed by atoms with van der Waals surface area (Å²) < 4.78 is 6.24. The maximum atomic E-state index is 15.6. The van der Waals surface area contributed by atoms with Gasteiger partial charge in [0.25, 0.3) is 0 Å². The lowest BCUT2D eigenvalue weighted by Gasteiger charge is -2.45. The highest BCUT2D eigenvalue weighted by Crippen LogP contribution is 2.28. The quantitative estimate of drug-likeness (QED) is 0.120. The van der Waals surface area contributed by atoms with Crippen LogP contribution in [0, 0.1) is 29.6 Å². The van der Waals surface area contributed by atoms with Crippen LogP contribution in [-0.4, -0.2) is 271 Å². The number of hydrogen-bond donors (Lipinski definition) is 4. The molecule has 2 aliphatic heterocycles. The first kappa shape index (κ1) is 79.1. The van der Waals surface area contributed by atoms with Crippen LogP contribution >= 0.6 is 0 Å². The number of nitrogens with one attached hydrogen (secondary N) is 3. The molecule has 28 nitrogen and oxygen atoms in total. The van der Waals surface area contributed by atoms with Crippen molar-refractivity contribution < 1.29 is 62.6 Å². The van der Waals surface area contributed by atoms with E-state index in [9.17, 15) is 43.5 Å². The third kappa shape index (κ3) is 20.2. The SMILES string of the molecule is C/C=C/C[C@@H](C)[C@@H](O)[C@@H]1C(=O)N[C@@H](CC)C(=O)N(C)CC(=O)N(C)[C@@H]([C@@H](C)OCCCCn2ncnn2)C(=O)N[C@@H](C(C)C)C(=O)N(C)[C@@H](CC(C)C)C(=O)N[C@@H](C)C(=O)N2C(C)C[C@@H](C(=O)N(C)[C@@H](C(C)C)C(=O)N1C)N(C)C(=O)[C@H](CC(C)C)N(C)C(=O)[C@H]2C. The molecule has 3 heterocycles. The number of unbranched alkanes of at least 4 members (excludes halogenated alkanes) is 1. The first-order valence-electron chi connectivity index (χ1n) is 32.6. The van der Waals surface area contributed by atoms with Crippen molar-refractivity contribution >= 4 is 65.0 Å². The summed E-state index contributed by atoms with van der Waals surface area (Å²) in [5, 5.41) is 32.3. The van der Waals surface area contributed by atoms with E-state index in [1.165, 1.54) is 98.8 Å². The van der Waals surface area contributed by atoms with Crippen molar-refractivity contribution in [2.45, 2.75) is 234 Å². The van der Waals surface area contributed by atoms with Gasteiger partial charge in [-0.25, -0.2) is 0 Å². The number of tetrazole rings is 1. The number of aromatic nitrogens is 4. The van der Waals surface area contributed by atoms with Gasteiger partial charge in [-0.1, -0.05) is 81.4 Å². The van der Waals surface area contributed by atoms with Gasteiger partial charge in [0.05, 0.1) is 25.3 Å². The lowest BCUT2D eigenvalue weighted by molar-refractivity contribution is -0.161. The van der Waals surface area contributed by atoms with E-state index in [4.69, 9.17) is 4.74 Å². The molecule has 0 aromatic carbocycles. The largest absolute Gasteiger partial charge is 0.390 e. The van der Waals surface area contributed by atoms with Crippen LogP contribution in [0.25, 0.3) is 0 Å². The van der Waals surface area contributed by atoms with Gasteiger partial charge in [0, 0.05) is 62.0 Å². The highest BCUT2D eigenvalue weighted by atomic mass is 16.5. The molecule has 1 aromatic rings. The number of allylic oxidation sites excluding steroid dienone is 2. The summed E-state index contributed by atoms with van der Waals surface area (Å²) in [6, 6.07) is -14.4. The van der Waals surface area contributed by atoms with Gasteiger partial charge in [-0.15, -0.1) is 10.2 Å². The molecule has 1 aromatic heterocycles. The maximum Gasteiger partial charge on any atom is 0.246 e. The maximum absolute atomic E-state index is 15.6. The molecule has 520 valence electrons. The lowest BCUT2D eigenvalue weighted by Crippen LogP contribution is -2.65. The van der Waals surface area contributed by atoms with Crippen molar-refractivity contribution in [2.24, 2.45) is 29.6 Å². The Kier molecular flexibility index (Phi) is 30.8. The van der Waals surface area contributed by atoms with Crippen LogP contribution < -0.4 is 16.0 Å². The summed E-state index contributed by atoms with van der Waals surface area (Å²) in [7, 11) is 9.74. The van der Waals surface area contributed by atoms with E-state index in [1.807, 2.05) is 27.7 Å². The van der Waals surface area contributed by atoms with E-state index < -0.39 is 168 Å². The fraction of sp³-hybridized carbons (Fsp3) is 0.781. The molecule has 4 N–H and O–H groups in total. The molecule has 14 atom stereocenters. The summed E-state index contributed by atoms with van der Waals surface area (Å²) in [5.74, 6) is -10.2. The van der Waals surface area contributed by atoms with E-state index in [0.717, 1.165) is 14.7 Å². The molecule has 2 bridgehead atoms. The second-order valence-corrected chi connectivity index (χ2v) is 26.9. The molecule has 11 amide bonds. The average molecular weight is 1300 g/mol. The van der Waals surface area contributed by atoms with E-state index >= 15 is 14.4 Å². The first-order valence-corrected chi connectivity index (χ1v) is 32.6. The number of ether oxygens (including phenoxy) is 1. The van der Waals surface area contributed by atoms with Gasteiger partial charge in [0.1, 0.15) is 60.4 Å². The van der Waals surface area contributed by atoms with Crippen LogP contribution in [0.2, 0.25) is 0 Å². The zero-order valence-corrected chi connectivity index (χ0v) is 58.9. The predicted octanol–water partition coefficient (Wildman–Crippen LogP) is 1.55. The number of amides is 11. The number of aliphatic hydroxyl groups excluding tert-OH is 1. The number of nitrogens with zero attached hydrogens (tertiary/aromatic N) is 12. The molecule has 0 spiro atoms. The second kappa shape index (κ2) is 35.8. The van der Waals surface area contributed by atoms with Crippen LogP contribution in [-0.2, 0) is 64.0 Å². The van der Waals surface area contributed by atoms with E-state index in [2.05, 4.69) is 31.4 Å². The van der Waals surface area contributed by atoms with Crippen molar-refractivity contribution in [1.82, 2.24) is 75.4 Å². The summed E-state index contributed by atoms with van der Waals surface area (Å²) in [5.41, 5.74) is 0. The molecule has 2 saturated heterocycles. The predicted molar refractivity (Wildman–Crippen MR) is 345 cm³/mol. The smallest absolute Gasteiger partial charge is 0.246 e. The van der Waals surface area contributed by atoms with Crippen molar-refractivity contribution in [3.8, 4) is 0 Å². The molecule has 0 aliphatic carbocycles. The fourth-order valence-electron chi connectivity index (χ4n) is 12.2. The van der Waals surface area contributed by atoms with Crippen LogP contribution in [0.4, 0.5) is 0 Å². The Hall–Kier alpha value is -7.10. The second-order valence-electron chi connectivity index (χ2n) is 26.9. The molecule has 0 saturated carbocycles. The third-order valence-electron chi connectivity index (χ3n) is 17.9. The molecule has 2 fully saturated rings. The summed E-state index contributed by atoms with van der Waals surface area (Å²) in [6.45, 7) is 25.5. The van der Waals surface area contributed by atoms with Gasteiger partial charge in [-0.2, -0.15) is 4.80 Å². The van der Waals surface area contributed by atoms with Crippen LogP contribution in [0.15, 0.2) is 18.5 Å². The normalized spacial score (nSPS) is 27.4. The Morgan fingerprint density at radius 1 is 0.620 bits per heavy atom. The zero-order chi connectivity index (χ0) is 70.1. The van der Waals surface area contributed by atoms with Gasteiger partial charge >= 0.3 is 0 Å². The number of fused-ring (bicyclic) bond motifs is 3. The number of aryl methyl sites for hydroxylation is 1. The van der Waals surface area contributed by atoms with Crippen molar-refractivity contribution in [3.63, 3.8) is 0 Å².